The second kappa shape index (κ2) is 9.13. The molecule has 2 heterocycles. The van der Waals surface area contributed by atoms with Gasteiger partial charge in [0, 0.05) is 11.1 Å². The molecule has 5 nitrogen and oxygen atoms in total. The molecule has 0 saturated heterocycles. The van der Waals surface area contributed by atoms with Gasteiger partial charge in [-0.25, -0.2) is 4.98 Å². The van der Waals surface area contributed by atoms with Crippen molar-refractivity contribution in [1.82, 2.24) is 4.98 Å². The fraction of sp³-hybridized carbons (Fsp3) is 0. The normalized spacial score (nSPS) is 11.1. The Kier molecular flexibility index (Phi) is 5.74. The molecule has 1 amide bonds. The molecule has 0 unspecified atom stereocenters. The predicted octanol–water partition coefficient (Wildman–Crippen LogP) is 6.72. The number of benzene rings is 3. The molecule has 0 bridgehead atoms. The number of fused-ring (bicyclic) bond motifs is 1. The lowest BCUT2D eigenvalue weighted by Gasteiger charge is -2.03. The molecular formula is C25H18N4OS2. The van der Waals surface area contributed by atoms with Crippen molar-refractivity contribution in [2.75, 3.05) is 10.7 Å². The SMILES string of the molecule is O=C(Nc1sc(N/N=C/c2cccc3ccccc23)nc1-c1ccccc1)c1cccs1. The number of carbonyl (C=O) groups excluding carboxylic acids is 1. The summed E-state index contributed by atoms with van der Waals surface area (Å²) in [5, 5.41) is 12.9. The Morgan fingerprint density at radius 3 is 2.56 bits per heavy atom. The number of nitrogens with zero attached hydrogens (tertiary/aromatic N) is 2. The zero-order valence-electron chi connectivity index (χ0n) is 16.9. The van der Waals surface area contributed by atoms with Gasteiger partial charge in [-0.05, 0) is 22.2 Å². The number of thiazole rings is 1. The van der Waals surface area contributed by atoms with E-state index in [0.717, 1.165) is 21.9 Å². The molecule has 0 saturated carbocycles. The van der Waals surface area contributed by atoms with Gasteiger partial charge in [0.2, 0.25) is 5.13 Å². The van der Waals surface area contributed by atoms with Crippen molar-refractivity contribution >= 4 is 55.7 Å². The molecule has 32 heavy (non-hydrogen) atoms. The van der Waals surface area contributed by atoms with Gasteiger partial charge >= 0.3 is 0 Å². The standard InChI is InChI=1S/C25H18N4OS2/c30-23(21-14-7-15-31-21)28-24-22(18-9-2-1-3-10-18)27-25(32-24)29-26-16-19-12-6-11-17-8-4-5-13-20(17)19/h1-16H,(H,27,29)(H,28,30)/b26-16+. The van der Waals surface area contributed by atoms with Crippen LogP contribution in [0.4, 0.5) is 10.1 Å². The Morgan fingerprint density at radius 2 is 1.72 bits per heavy atom. The summed E-state index contributed by atoms with van der Waals surface area (Å²) < 4.78 is 0. The van der Waals surface area contributed by atoms with Gasteiger partial charge in [0.15, 0.2) is 0 Å². The van der Waals surface area contributed by atoms with E-state index >= 15 is 0 Å². The highest BCUT2D eigenvalue weighted by molar-refractivity contribution is 7.20. The number of anilines is 2. The minimum Gasteiger partial charge on any atom is -0.311 e. The number of aromatic nitrogens is 1. The quantitative estimate of drug-likeness (QED) is 0.221. The average Bonchev–Trinajstić information content (AvgIpc) is 3.50. The smallest absolute Gasteiger partial charge is 0.266 e. The summed E-state index contributed by atoms with van der Waals surface area (Å²) in [6.45, 7) is 0. The van der Waals surface area contributed by atoms with Gasteiger partial charge in [-0.3, -0.25) is 10.2 Å². The first-order valence-electron chi connectivity index (χ1n) is 9.96. The lowest BCUT2D eigenvalue weighted by molar-refractivity contribution is 0.103. The monoisotopic (exact) mass is 454 g/mol. The van der Waals surface area contributed by atoms with Crippen LogP contribution in [-0.2, 0) is 0 Å². The van der Waals surface area contributed by atoms with Crippen LogP contribution in [0.15, 0.2) is 95.4 Å². The maximum absolute atomic E-state index is 12.6. The Labute approximate surface area is 193 Å². The molecule has 0 aliphatic rings. The van der Waals surface area contributed by atoms with E-state index in [0.29, 0.717) is 20.7 Å². The largest absolute Gasteiger partial charge is 0.311 e. The van der Waals surface area contributed by atoms with Crippen molar-refractivity contribution in [2.45, 2.75) is 0 Å². The van der Waals surface area contributed by atoms with Crippen LogP contribution in [0.25, 0.3) is 22.0 Å². The van der Waals surface area contributed by atoms with Crippen molar-refractivity contribution < 1.29 is 4.79 Å². The highest BCUT2D eigenvalue weighted by Crippen LogP contribution is 2.36. The second-order valence-electron chi connectivity index (χ2n) is 6.93. The molecular weight excluding hydrogens is 436 g/mol. The molecule has 7 heteroatoms. The third kappa shape index (κ3) is 4.30. The molecule has 0 spiro atoms. The molecule has 0 atom stereocenters. The van der Waals surface area contributed by atoms with Crippen molar-refractivity contribution in [3.05, 3.63) is 101 Å². The van der Waals surface area contributed by atoms with Crippen LogP contribution < -0.4 is 10.7 Å². The Morgan fingerprint density at radius 1 is 0.906 bits per heavy atom. The molecule has 5 aromatic rings. The van der Waals surface area contributed by atoms with Gasteiger partial charge in [0.05, 0.1) is 11.1 Å². The fourth-order valence-corrected chi connectivity index (χ4v) is 4.79. The average molecular weight is 455 g/mol. The van der Waals surface area contributed by atoms with Gasteiger partial charge in [-0.15, -0.1) is 11.3 Å². The summed E-state index contributed by atoms with van der Waals surface area (Å²) >= 11 is 2.76. The van der Waals surface area contributed by atoms with E-state index in [1.807, 2.05) is 66.0 Å². The van der Waals surface area contributed by atoms with E-state index in [4.69, 9.17) is 4.98 Å². The Hall–Kier alpha value is -3.81. The van der Waals surface area contributed by atoms with Crippen LogP contribution in [0.3, 0.4) is 0 Å². The first kappa shape index (κ1) is 20.1. The number of thiophene rings is 1. The molecule has 5 rings (SSSR count). The van der Waals surface area contributed by atoms with E-state index < -0.39 is 0 Å². The van der Waals surface area contributed by atoms with E-state index in [1.165, 1.54) is 22.7 Å². The maximum atomic E-state index is 12.6. The maximum Gasteiger partial charge on any atom is 0.266 e. The van der Waals surface area contributed by atoms with Crippen molar-refractivity contribution in [3.8, 4) is 11.3 Å². The van der Waals surface area contributed by atoms with Gasteiger partial charge in [0.25, 0.3) is 5.91 Å². The van der Waals surface area contributed by atoms with E-state index in [9.17, 15) is 4.79 Å². The van der Waals surface area contributed by atoms with Crippen molar-refractivity contribution in [1.29, 1.82) is 0 Å². The number of rotatable bonds is 6. The summed E-state index contributed by atoms with van der Waals surface area (Å²) in [7, 11) is 0. The van der Waals surface area contributed by atoms with Gasteiger partial charge < -0.3 is 5.32 Å². The van der Waals surface area contributed by atoms with E-state index in [2.05, 4.69) is 34.0 Å². The Balaban J connectivity index is 1.42. The molecule has 0 aliphatic carbocycles. The van der Waals surface area contributed by atoms with Crippen molar-refractivity contribution in [3.63, 3.8) is 0 Å². The summed E-state index contributed by atoms with van der Waals surface area (Å²) in [6.07, 6.45) is 1.79. The van der Waals surface area contributed by atoms with Gasteiger partial charge in [0.1, 0.15) is 10.7 Å². The van der Waals surface area contributed by atoms with E-state index in [1.54, 1.807) is 12.3 Å². The molecule has 2 N–H and O–H groups in total. The molecule has 0 radical (unpaired) electrons. The Bertz CT molecular complexity index is 1390. The number of hydrazone groups is 1. The van der Waals surface area contributed by atoms with Gasteiger partial charge in [-0.2, -0.15) is 5.10 Å². The molecule has 3 aromatic carbocycles. The number of hydrogen-bond donors (Lipinski definition) is 2. The number of carbonyl (C=O) groups is 1. The summed E-state index contributed by atoms with van der Waals surface area (Å²) in [4.78, 5) is 18.0. The first-order chi connectivity index (χ1) is 15.8. The minimum absolute atomic E-state index is 0.147. The van der Waals surface area contributed by atoms with Crippen LogP contribution in [0, 0.1) is 0 Å². The molecule has 2 aromatic heterocycles. The second-order valence-corrected chi connectivity index (χ2v) is 8.88. The summed E-state index contributed by atoms with van der Waals surface area (Å²) in [5.41, 5.74) is 5.68. The highest BCUT2D eigenvalue weighted by atomic mass is 32.1. The number of hydrogen-bond acceptors (Lipinski definition) is 6. The number of nitrogens with one attached hydrogen (secondary N) is 2. The van der Waals surface area contributed by atoms with Crippen LogP contribution >= 0.6 is 22.7 Å². The van der Waals surface area contributed by atoms with Crippen LogP contribution in [-0.4, -0.2) is 17.1 Å². The number of amides is 1. The lowest BCUT2D eigenvalue weighted by atomic mass is 10.1. The fourth-order valence-electron chi connectivity index (χ4n) is 3.34. The predicted molar refractivity (Wildman–Crippen MR) is 135 cm³/mol. The molecule has 0 fully saturated rings. The zero-order chi connectivity index (χ0) is 21.8. The first-order valence-corrected chi connectivity index (χ1v) is 11.7. The van der Waals surface area contributed by atoms with Crippen LogP contribution in [0.5, 0.6) is 0 Å². The third-order valence-electron chi connectivity index (χ3n) is 4.83. The van der Waals surface area contributed by atoms with E-state index in [-0.39, 0.29) is 5.91 Å². The van der Waals surface area contributed by atoms with Crippen molar-refractivity contribution in [2.24, 2.45) is 5.10 Å². The zero-order valence-corrected chi connectivity index (χ0v) is 18.5. The lowest BCUT2D eigenvalue weighted by Crippen LogP contribution is -2.09. The molecule has 156 valence electrons. The minimum atomic E-state index is -0.147. The third-order valence-corrected chi connectivity index (χ3v) is 6.58. The van der Waals surface area contributed by atoms with Crippen LogP contribution in [0.1, 0.15) is 15.2 Å². The summed E-state index contributed by atoms with van der Waals surface area (Å²) in [5.74, 6) is -0.147. The molecule has 0 aliphatic heterocycles. The summed E-state index contributed by atoms with van der Waals surface area (Å²) in [6, 6.07) is 27.8. The van der Waals surface area contributed by atoms with Crippen LogP contribution in [0.2, 0.25) is 0 Å². The highest BCUT2D eigenvalue weighted by Gasteiger charge is 2.16. The van der Waals surface area contributed by atoms with Gasteiger partial charge in [-0.1, -0.05) is 90.2 Å². The topological polar surface area (TPSA) is 66.4 Å².